The first-order valence-electron chi connectivity index (χ1n) is 11.0. The Bertz CT molecular complexity index is 1050. The average Bonchev–Trinajstić information content (AvgIpc) is 2.87. The van der Waals surface area contributed by atoms with E-state index in [1.165, 1.54) is 40.6 Å². The van der Waals surface area contributed by atoms with E-state index in [2.05, 4.69) is 0 Å². The smallest absolute Gasteiger partial charge is 0.335 e. The molecule has 0 radical (unpaired) electrons. The maximum absolute atomic E-state index is 13.1. The molecule has 0 fully saturated rings. The minimum atomic E-state index is -1.45. The minimum absolute atomic E-state index is 0.0560. The maximum Gasteiger partial charge on any atom is 0.335 e. The SMILES string of the molecule is CCOC(=O)/C(=C/c1ccc(OC)c(OC)c1)[C@@H](C(=O)OCC)[C@H](O)c1ccc(OC)c(OC)c1. The van der Waals surface area contributed by atoms with Crippen molar-refractivity contribution in [2.45, 2.75) is 20.0 Å². The molecular weight excluding hydrogens is 456 g/mol. The summed E-state index contributed by atoms with van der Waals surface area (Å²) in [5.41, 5.74) is 0.766. The summed E-state index contributed by atoms with van der Waals surface area (Å²) in [5.74, 6) is -1.21. The zero-order chi connectivity index (χ0) is 26.0. The highest BCUT2D eigenvalue weighted by molar-refractivity contribution is 6.00. The lowest BCUT2D eigenvalue weighted by Crippen LogP contribution is -2.30. The van der Waals surface area contributed by atoms with Crippen LogP contribution in [0.5, 0.6) is 23.0 Å². The van der Waals surface area contributed by atoms with Crippen LogP contribution in [0.15, 0.2) is 42.0 Å². The number of benzene rings is 2. The van der Waals surface area contributed by atoms with Gasteiger partial charge in [0, 0.05) is 0 Å². The van der Waals surface area contributed by atoms with Gasteiger partial charge in [0.05, 0.1) is 53.3 Å². The Morgan fingerprint density at radius 1 is 0.800 bits per heavy atom. The molecule has 1 N–H and O–H groups in total. The molecule has 0 heterocycles. The molecule has 0 bridgehead atoms. The summed E-state index contributed by atoms with van der Waals surface area (Å²) >= 11 is 0. The van der Waals surface area contributed by atoms with Crippen LogP contribution >= 0.6 is 0 Å². The van der Waals surface area contributed by atoms with Gasteiger partial charge in [-0.25, -0.2) is 4.79 Å². The van der Waals surface area contributed by atoms with Gasteiger partial charge in [-0.1, -0.05) is 12.1 Å². The van der Waals surface area contributed by atoms with E-state index in [0.29, 0.717) is 34.1 Å². The number of hydrogen-bond donors (Lipinski definition) is 1. The Kier molecular flexibility index (Phi) is 10.4. The number of rotatable bonds is 12. The molecule has 190 valence electrons. The number of methoxy groups -OCH3 is 4. The van der Waals surface area contributed by atoms with Crippen LogP contribution in [-0.4, -0.2) is 58.7 Å². The predicted octanol–water partition coefficient (Wildman–Crippen LogP) is 3.58. The van der Waals surface area contributed by atoms with Crippen molar-refractivity contribution in [1.82, 2.24) is 0 Å². The van der Waals surface area contributed by atoms with E-state index < -0.39 is 24.0 Å². The molecule has 0 aromatic heterocycles. The highest BCUT2D eigenvalue weighted by Crippen LogP contribution is 2.37. The monoisotopic (exact) mass is 488 g/mol. The molecule has 0 unspecified atom stereocenters. The summed E-state index contributed by atoms with van der Waals surface area (Å²) < 4.78 is 31.6. The lowest BCUT2D eigenvalue weighted by atomic mass is 9.87. The van der Waals surface area contributed by atoms with Crippen LogP contribution in [0, 0.1) is 5.92 Å². The molecule has 9 heteroatoms. The topological polar surface area (TPSA) is 110 Å². The van der Waals surface area contributed by atoms with Crippen molar-refractivity contribution in [3.8, 4) is 23.0 Å². The summed E-state index contributed by atoms with van der Waals surface area (Å²) in [6, 6.07) is 9.71. The molecule has 0 saturated carbocycles. The fourth-order valence-corrected chi connectivity index (χ4v) is 3.50. The second-order valence-corrected chi connectivity index (χ2v) is 7.22. The summed E-state index contributed by atoms with van der Waals surface area (Å²) in [5, 5.41) is 11.3. The number of esters is 2. The van der Waals surface area contributed by atoms with Gasteiger partial charge >= 0.3 is 11.9 Å². The zero-order valence-corrected chi connectivity index (χ0v) is 20.8. The Balaban J connectivity index is 2.67. The van der Waals surface area contributed by atoms with E-state index >= 15 is 0 Å². The first-order valence-corrected chi connectivity index (χ1v) is 11.0. The highest BCUT2D eigenvalue weighted by atomic mass is 16.5. The zero-order valence-electron chi connectivity index (χ0n) is 20.8. The maximum atomic E-state index is 13.1. The van der Waals surface area contributed by atoms with Gasteiger partial charge in [-0.2, -0.15) is 0 Å². The first kappa shape index (κ1) is 27.5. The van der Waals surface area contributed by atoms with Crippen molar-refractivity contribution in [3.63, 3.8) is 0 Å². The van der Waals surface area contributed by atoms with Crippen LogP contribution in [0.3, 0.4) is 0 Å². The van der Waals surface area contributed by atoms with Crippen LogP contribution in [0.1, 0.15) is 31.1 Å². The van der Waals surface area contributed by atoms with Crippen molar-refractivity contribution in [2.24, 2.45) is 5.92 Å². The quantitative estimate of drug-likeness (QED) is 0.354. The van der Waals surface area contributed by atoms with Gasteiger partial charge in [0.2, 0.25) is 0 Å². The normalized spacial score (nSPS) is 12.8. The minimum Gasteiger partial charge on any atom is -0.493 e. The van der Waals surface area contributed by atoms with Crippen molar-refractivity contribution in [2.75, 3.05) is 41.7 Å². The molecule has 35 heavy (non-hydrogen) atoms. The van der Waals surface area contributed by atoms with Gasteiger partial charge in [-0.3, -0.25) is 4.79 Å². The number of carbonyl (C=O) groups excluding carboxylic acids is 2. The summed E-state index contributed by atoms with van der Waals surface area (Å²) in [6.45, 7) is 3.42. The van der Waals surface area contributed by atoms with Crippen LogP contribution in [0.4, 0.5) is 0 Å². The molecule has 0 saturated heterocycles. The highest BCUT2D eigenvalue weighted by Gasteiger charge is 2.37. The molecule has 2 aromatic rings. The Hall–Kier alpha value is -3.72. The third-order valence-electron chi connectivity index (χ3n) is 5.18. The molecule has 0 amide bonds. The van der Waals surface area contributed by atoms with E-state index in [0.717, 1.165) is 0 Å². The van der Waals surface area contributed by atoms with Crippen molar-refractivity contribution >= 4 is 18.0 Å². The van der Waals surface area contributed by atoms with Gasteiger partial charge in [-0.15, -0.1) is 0 Å². The number of ether oxygens (including phenoxy) is 6. The number of hydrogen-bond acceptors (Lipinski definition) is 9. The van der Waals surface area contributed by atoms with E-state index in [1.807, 2.05) is 0 Å². The Labute approximate surface area is 205 Å². The van der Waals surface area contributed by atoms with Crippen molar-refractivity contribution in [1.29, 1.82) is 0 Å². The standard InChI is InChI=1S/C26H32O9/c1-7-34-25(28)18(13-16-9-11-19(30-3)21(14-16)32-5)23(26(29)35-8-2)24(27)17-10-12-20(31-4)22(15-17)33-6/h9-15,23-24,27H,7-8H2,1-6H3/b18-13+/t23-,24-/m1/s1. The van der Waals surface area contributed by atoms with Crippen molar-refractivity contribution < 1.29 is 43.1 Å². The van der Waals surface area contributed by atoms with Crippen molar-refractivity contribution in [3.05, 3.63) is 53.1 Å². The summed E-state index contributed by atoms with van der Waals surface area (Å²) in [7, 11) is 5.94. The van der Waals surface area contributed by atoms with E-state index in [9.17, 15) is 14.7 Å². The summed E-state index contributed by atoms with van der Waals surface area (Å²) in [4.78, 5) is 26.1. The second-order valence-electron chi connectivity index (χ2n) is 7.22. The number of aliphatic hydroxyl groups is 1. The van der Waals surface area contributed by atoms with Gasteiger partial charge in [0.1, 0.15) is 5.92 Å². The van der Waals surface area contributed by atoms with Crippen LogP contribution < -0.4 is 18.9 Å². The Morgan fingerprint density at radius 2 is 1.34 bits per heavy atom. The van der Waals surface area contributed by atoms with E-state index in [4.69, 9.17) is 28.4 Å². The molecular formula is C26H32O9. The third kappa shape index (κ3) is 6.66. The molecule has 0 aliphatic heterocycles. The van der Waals surface area contributed by atoms with Gasteiger partial charge in [-0.05, 0) is 55.3 Å². The molecule has 0 spiro atoms. The predicted molar refractivity (Wildman–Crippen MR) is 129 cm³/mol. The lowest BCUT2D eigenvalue weighted by Gasteiger charge is -2.24. The van der Waals surface area contributed by atoms with Gasteiger partial charge < -0.3 is 33.5 Å². The van der Waals surface area contributed by atoms with Crippen LogP contribution in [0.2, 0.25) is 0 Å². The summed E-state index contributed by atoms with van der Waals surface area (Å²) in [6.07, 6.45) is 0.00978. The molecule has 2 rings (SSSR count). The largest absolute Gasteiger partial charge is 0.493 e. The fraction of sp³-hybridized carbons (Fsp3) is 0.385. The average molecular weight is 489 g/mol. The van der Waals surface area contributed by atoms with E-state index in [-0.39, 0.29) is 18.8 Å². The number of carbonyl (C=O) groups is 2. The van der Waals surface area contributed by atoms with E-state index in [1.54, 1.807) is 44.2 Å². The third-order valence-corrected chi connectivity index (χ3v) is 5.18. The number of aliphatic hydroxyl groups excluding tert-OH is 1. The van der Waals surface area contributed by atoms with Gasteiger partial charge in [0.25, 0.3) is 0 Å². The molecule has 2 atom stereocenters. The van der Waals surface area contributed by atoms with Crippen LogP contribution in [-0.2, 0) is 19.1 Å². The Morgan fingerprint density at radius 3 is 1.89 bits per heavy atom. The molecule has 2 aromatic carbocycles. The van der Waals surface area contributed by atoms with Gasteiger partial charge in [0.15, 0.2) is 23.0 Å². The molecule has 9 nitrogen and oxygen atoms in total. The second kappa shape index (κ2) is 13.2. The first-order chi connectivity index (χ1) is 16.8. The fourth-order valence-electron chi connectivity index (χ4n) is 3.50. The molecule has 0 aliphatic carbocycles. The lowest BCUT2D eigenvalue weighted by molar-refractivity contribution is -0.153. The van der Waals surface area contributed by atoms with Crippen LogP contribution in [0.25, 0.3) is 6.08 Å². The molecule has 0 aliphatic rings.